The summed E-state index contributed by atoms with van der Waals surface area (Å²) in [5.41, 5.74) is 0.132. The third-order valence-corrected chi connectivity index (χ3v) is 1.38. The molecule has 0 bridgehead atoms. The first-order valence-corrected chi connectivity index (χ1v) is 3.41. The second kappa shape index (κ2) is 3.05. The SMILES string of the molecule is O=C(c1cnnnn1)n1ccnc1. The van der Waals surface area contributed by atoms with Gasteiger partial charge in [0.25, 0.3) is 5.91 Å². The summed E-state index contributed by atoms with van der Waals surface area (Å²) in [7, 11) is 0. The van der Waals surface area contributed by atoms with Crippen molar-refractivity contribution in [2.45, 2.75) is 0 Å². The molecule has 0 amide bonds. The lowest BCUT2D eigenvalue weighted by Gasteiger charge is -1.95. The summed E-state index contributed by atoms with van der Waals surface area (Å²) in [6, 6.07) is 0. The van der Waals surface area contributed by atoms with Crippen LogP contribution in [0.4, 0.5) is 0 Å². The largest absolute Gasteiger partial charge is 0.285 e. The number of rotatable bonds is 1. The zero-order valence-electron chi connectivity index (χ0n) is 6.40. The Kier molecular flexibility index (Phi) is 1.75. The van der Waals surface area contributed by atoms with E-state index in [9.17, 15) is 4.79 Å². The molecule has 64 valence electrons. The van der Waals surface area contributed by atoms with Crippen molar-refractivity contribution in [3.63, 3.8) is 0 Å². The van der Waals surface area contributed by atoms with Crippen LogP contribution in [-0.4, -0.2) is 36.1 Å². The highest BCUT2D eigenvalue weighted by Gasteiger charge is 2.09. The van der Waals surface area contributed by atoms with Crippen LogP contribution in [0.25, 0.3) is 0 Å². The molecule has 7 heteroatoms. The van der Waals surface area contributed by atoms with Gasteiger partial charge in [-0.15, -0.1) is 10.2 Å². The molecule has 2 aromatic rings. The predicted molar refractivity (Wildman–Crippen MR) is 39.6 cm³/mol. The summed E-state index contributed by atoms with van der Waals surface area (Å²) in [5.74, 6) is -0.333. The molecule has 0 aliphatic carbocycles. The van der Waals surface area contributed by atoms with E-state index in [-0.39, 0.29) is 11.6 Å². The molecule has 0 unspecified atom stereocenters. The van der Waals surface area contributed by atoms with E-state index < -0.39 is 0 Å². The number of hydrogen-bond acceptors (Lipinski definition) is 6. The molecule has 2 heterocycles. The Labute approximate surface area is 72.4 Å². The van der Waals surface area contributed by atoms with Gasteiger partial charge in [0.2, 0.25) is 0 Å². The van der Waals surface area contributed by atoms with Crippen molar-refractivity contribution in [3.05, 3.63) is 30.6 Å². The average Bonchev–Trinajstić information content (AvgIpc) is 2.71. The van der Waals surface area contributed by atoms with E-state index in [1.54, 1.807) is 0 Å². The molecule has 0 saturated heterocycles. The van der Waals surface area contributed by atoms with Gasteiger partial charge in [-0.1, -0.05) is 0 Å². The van der Waals surface area contributed by atoms with Crippen molar-refractivity contribution >= 4 is 5.91 Å². The van der Waals surface area contributed by atoms with Crippen LogP contribution in [0.5, 0.6) is 0 Å². The molecular formula is C6H4N6O. The van der Waals surface area contributed by atoms with Gasteiger partial charge in [0.05, 0.1) is 6.20 Å². The van der Waals surface area contributed by atoms with Crippen molar-refractivity contribution in [2.75, 3.05) is 0 Å². The van der Waals surface area contributed by atoms with E-state index in [1.807, 2.05) is 0 Å². The fourth-order valence-electron chi connectivity index (χ4n) is 0.807. The fourth-order valence-corrected chi connectivity index (χ4v) is 0.807. The summed E-state index contributed by atoms with van der Waals surface area (Å²) in [6.07, 6.45) is 5.64. The van der Waals surface area contributed by atoms with Gasteiger partial charge in [0.15, 0.2) is 5.69 Å². The van der Waals surface area contributed by atoms with Crippen LogP contribution in [0.3, 0.4) is 0 Å². The molecule has 13 heavy (non-hydrogen) atoms. The third kappa shape index (κ3) is 1.39. The van der Waals surface area contributed by atoms with Crippen LogP contribution in [0.1, 0.15) is 10.5 Å². The molecule has 0 saturated carbocycles. The van der Waals surface area contributed by atoms with Crippen LogP contribution in [-0.2, 0) is 0 Å². The van der Waals surface area contributed by atoms with Crippen LogP contribution >= 0.6 is 0 Å². The van der Waals surface area contributed by atoms with E-state index in [4.69, 9.17) is 0 Å². The van der Waals surface area contributed by atoms with Gasteiger partial charge in [0, 0.05) is 12.4 Å². The van der Waals surface area contributed by atoms with Gasteiger partial charge in [0.1, 0.15) is 6.33 Å². The smallest absolute Gasteiger partial charge is 0.271 e. The quantitative estimate of drug-likeness (QED) is 0.562. The average molecular weight is 176 g/mol. The van der Waals surface area contributed by atoms with Crippen molar-refractivity contribution in [1.82, 2.24) is 30.2 Å². The molecular weight excluding hydrogens is 172 g/mol. The lowest BCUT2D eigenvalue weighted by atomic mass is 10.4. The zero-order chi connectivity index (χ0) is 9.10. The van der Waals surface area contributed by atoms with Gasteiger partial charge in [-0.25, -0.2) is 4.98 Å². The number of hydrogen-bond donors (Lipinski definition) is 0. The van der Waals surface area contributed by atoms with E-state index in [0.717, 1.165) is 0 Å². The maximum absolute atomic E-state index is 11.5. The normalized spacial score (nSPS) is 9.85. The van der Waals surface area contributed by atoms with Gasteiger partial charge in [-0.05, 0) is 10.4 Å². The Balaban J connectivity index is 2.34. The van der Waals surface area contributed by atoms with Gasteiger partial charge in [-0.2, -0.15) is 0 Å². The Morgan fingerprint density at radius 3 is 2.92 bits per heavy atom. The molecule has 0 aromatic carbocycles. The Bertz CT molecular complexity index is 396. The standard InChI is InChI=1S/C6H4N6O/c13-6(12-2-1-7-4-12)5-3-8-10-11-9-5/h1-4H. The highest BCUT2D eigenvalue weighted by atomic mass is 16.2. The second-order valence-corrected chi connectivity index (χ2v) is 2.18. The van der Waals surface area contributed by atoms with E-state index in [0.29, 0.717) is 0 Å². The molecule has 2 rings (SSSR count). The second-order valence-electron chi connectivity index (χ2n) is 2.18. The minimum Gasteiger partial charge on any atom is -0.271 e. The van der Waals surface area contributed by atoms with Crippen LogP contribution in [0.2, 0.25) is 0 Å². The number of carbonyl (C=O) groups excluding carboxylic acids is 1. The summed E-state index contributed by atoms with van der Waals surface area (Å²) >= 11 is 0. The van der Waals surface area contributed by atoms with Gasteiger partial charge >= 0.3 is 0 Å². The number of nitrogens with zero attached hydrogens (tertiary/aromatic N) is 6. The number of imidazole rings is 1. The molecule has 2 aromatic heterocycles. The molecule has 0 aliphatic rings. The van der Waals surface area contributed by atoms with Crippen LogP contribution in [0.15, 0.2) is 24.9 Å². The van der Waals surface area contributed by atoms with Gasteiger partial charge < -0.3 is 0 Å². The van der Waals surface area contributed by atoms with E-state index in [2.05, 4.69) is 25.6 Å². The zero-order valence-corrected chi connectivity index (χ0v) is 6.40. The Hall–Kier alpha value is -2.18. The van der Waals surface area contributed by atoms with Crippen molar-refractivity contribution in [1.29, 1.82) is 0 Å². The maximum Gasteiger partial charge on any atom is 0.285 e. The summed E-state index contributed by atoms with van der Waals surface area (Å²) in [6.45, 7) is 0. The first kappa shape index (κ1) is 7.47. The molecule has 7 nitrogen and oxygen atoms in total. The number of aromatic nitrogens is 6. The third-order valence-electron chi connectivity index (χ3n) is 1.38. The molecule has 0 aliphatic heterocycles. The minimum atomic E-state index is -0.333. The minimum absolute atomic E-state index is 0.132. The lowest BCUT2D eigenvalue weighted by molar-refractivity contribution is 0.0952. The monoisotopic (exact) mass is 176 g/mol. The summed E-state index contributed by atoms with van der Waals surface area (Å²) in [4.78, 5) is 15.2. The lowest BCUT2D eigenvalue weighted by Crippen LogP contribution is -2.13. The van der Waals surface area contributed by atoms with Crippen LogP contribution < -0.4 is 0 Å². The Morgan fingerprint density at radius 1 is 1.38 bits per heavy atom. The molecule has 0 N–H and O–H groups in total. The molecule has 0 fully saturated rings. The highest BCUT2D eigenvalue weighted by Crippen LogP contribution is 1.94. The van der Waals surface area contributed by atoms with E-state index >= 15 is 0 Å². The fraction of sp³-hybridized carbons (Fsp3) is 0. The molecule has 0 atom stereocenters. The first-order chi connectivity index (χ1) is 6.38. The van der Waals surface area contributed by atoms with Crippen molar-refractivity contribution < 1.29 is 4.79 Å². The van der Waals surface area contributed by atoms with E-state index in [1.165, 1.54) is 29.5 Å². The predicted octanol–water partition coefficient (Wildman–Crippen LogP) is -0.848. The summed E-state index contributed by atoms with van der Waals surface area (Å²) in [5, 5.41) is 13.4. The van der Waals surface area contributed by atoms with Crippen molar-refractivity contribution in [3.8, 4) is 0 Å². The number of carbonyl (C=O) groups is 1. The van der Waals surface area contributed by atoms with Gasteiger partial charge in [-0.3, -0.25) is 9.36 Å². The molecule has 0 spiro atoms. The van der Waals surface area contributed by atoms with Crippen molar-refractivity contribution in [2.24, 2.45) is 0 Å². The Morgan fingerprint density at radius 2 is 2.31 bits per heavy atom. The topological polar surface area (TPSA) is 86.5 Å². The molecule has 0 radical (unpaired) electrons. The summed E-state index contributed by atoms with van der Waals surface area (Å²) < 4.78 is 1.28. The maximum atomic E-state index is 11.5. The highest BCUT2D eigenvalue weighted by molar-refractivity contribution is 5.93. The first-order valence-electron chi connectivity index (χ1n) is 3.41. The van der Waals surface area contributed by atoms with Crippen LogP contribution in [0, 0.1) is 0 Å².